The van der Waals surface area contributed by atoms with Gasteiger partial charge in [0.15, 0.2) is 0 Å². The monoisotopic (exact) mass is 331 g/mol. The first-order valence-corrected chi connectivity index (χ1v) is 8.12. The van der Waals surface area contributed by atoms with Crippen LogP contribution in [0.4, 0.5) is 5.69 Å². The first-order chi connectivity index (χ1) is 9.44. The van der Waals surface area contributed by atoms with E-state index in [1.807, 2.05) is 0 Å². The van der Waals surface area contributed by atoms with Crippen molar-refractivity contribution in [2.45, 2.75) is 4.21 Å². The molecule has 1 aromatic carbocycles. The highest BCUT2D eigenvalue weighted by atomic mass is 35.5. The number of sulfonamides is 1. The second-order valence-corrected chi connectivity index (χ2v) is 6.99. The van der Waals surface area contributed by atoms with Gasteiger partial charge in [-0.25, -0.2) is 13.2 Å². The Morgan fingerprint density at radius 1 is 1.35 bits per heavy atom. The van der Waals surface area contributed by atoms with Crippen LogP contribution in [0.3, 0.4) is 0 Å². The van der Waals surface area contributed by atoms with E-state index in [2.05, 4.69) is 9.46 Å². The highest BCUT2D eigenvalue weighted by Gasteiger charge is 2.18. The molecule has 2 rings (SSSR count). The van der Waals surface area contributed by atoms with Gasteiger partial charge < -0.3 is 4.74 Å². The van der Waals surface area contributed by atoms with Crippen molar-refractivity contribution in [2.24, 2.45) is 0 Å². The molecule has 0 aliphatic heterocycles. The summed E-state index contributed by atoms with van der Waals surface area (Å²) in [5.41, 5.74) is 0.337. The second kappa shape index (κ2) is 5.82. The average molecular weight is 332 g/mol. The Kier molecular flexibility index (Phi) is 4.32. The summed E-state index contributed by atoms with van der Waals surface area (Å²) in [5, 5.41) is 1.85. The molecular formula is C12H10ClNO4S2. The zero-order valence-corrected chi connectivity index (χ0v) is 12.7. The van der Waals surface area contributed by atoms with E-state index < -0.39 is 16.0 Å². The zero-order chi connectivity index (χ0) is 14.8. The lowest BCUT2D eigenvalue weighted by atomic mass is 10.2. The number of anilines is 1. The molecule has 2 aromatic rings. The van der Waals surface area contributed by atoms with E-state index >= 15 is 0 Å². The molecule has 0 unspecified atom stereocenters. The Hall–Kier alpha value is -1.57. The van der Waals surface area contributed by atoms with Crippen molar-refractivity contribution < 1.29 is 17.9 Å². The summed E-state index contributed by atoms with van der Waals surface area (Å²) >= 11 is 7.02. The minimum absolute atomic E-state index is 0.128. The van der Waals surface area contributed by atoms with Gasteiger partial charge in [0.2, 0.25) is 0 Å². The molecule has 20 heavy (non-hydrogen) atoms. The van der Waals surface area contributed by atoms with Gasteiger partial charge in [0.05, 0.1) is 23.4 Å². The van der Waals surface area contributed by atoms with Gasteiger partial charge in [0, 0.05) is 0 Å². The highest BCUT2D eigenvalue weighted by molar-refractivity contribution is 7.94. The van der Waals surface area contributed by atoms with E-state index in [9.17, 15) is 13.2 Å². The predicted molar refractivity (Wildman–Crippen MR) is 77.9 cm³/mol. The number of esters is 1. The van der Waals surface area contributed by atoms with Crippen LogP contribution in [0.5, 0.6) is 0 Å². The summed E-state index contributed by atoms with van der Waals surface area (Å²) in [6.07, 6.45) is 0. The molecule has 1 aromatic heterocycles. The van der Waals surface area contributed by atoms with E-state index in [-0.39, 0.29) is 20.5 Å². The van der Waals surface area contributed by atoms with Crippen LogP contribution in [0, 0.1) is 0 Å². The van der Waals surface area contributed by atoms with Crippen LogP contribution in [0.25, 0.3) is 0 Å². The van der Waals surface area contributed by atoms with Crippen molar-refractivity contribution in [3.05, 3.63) is 46.3 Å². The lowest BCUT2D eigenvalue weighted by molar-refractivity contribution is 0.0601. The number of methoxy groups -OCH3 is 1. The van der Waals surface area contributed by atoms with E-state index in [1.165, 1.54) is 31.4 Å². The number of hydrogen-bond acceptors (Lipinski definition) is 5. The van der Waals surface area contributed by atoms with Crippen LogP contribution in [-0.2, 0) is 14.8 Å². The van der Waals surface area contributed by atoms with Gasteiger partial charge in [-0.3, -0.25) is 4.72 Å². The summed E-state index contributed by atoms with van der Waals surface area (Å²) < 4.78 is 31.3. The lowest BCUT2D eigenvalue weighted by Gasteiger charge is -2.09. The van der Waals surface area contributed by atoms with Crippen LogP contribution in [-0.4, -0.2) is 21.5 Å². The molecule has 0 amide bonds. The number of benzene rings is 1. The third-order valence-electron chi connectivity index (χ3n) is 2.39. The van der Waals surface area contributed by atoms with Crippen LogP contribution in [0.2, 0.25) is 5.02 Å². The molecule has 8 heteroatoms. The van der Waals surface area contributed by atoms with Gasteiger partial charge in [-0.1, -0.05) is 17.7 Å². The molecule has 1 heterocycles. The van der Waals surface area contributed by atoms with Crippen molar-refractivity contribution >= 4 is 44.6 Å². The Morgan fingerprint density at radius 2 is 2.10 bits per heavy atom. The van der Waals surface area contributed by atoms with Gasteiger partial charge >= 0.3 is 5.97 Å². The van der Waals surface area contributed by atoms with Crippen molar-refractivity contribution in [1.29, 1.82) is 0 Å². The molecule has 1 N–H and O–H groups in total. The lowest BCUT2D eigenvalue weighted by Crippen LogP contribution is -2.12. The summed E-state index contributed by atoms with van der Waals surface area (Å²) in [5.74, 6) is -0.571. The zero-order valence-electron chi connectivity index (χ0n) is 10.3. The summed E-state index contributed by atoms with van der Waals surface area (Å²) in [6.45, 7) is 0. The molecule has 106 valence electrons. The number of ether oxygens (including phenoxy) is 1. The molecule has 0 bridgehead atoms. The fourth-order valence-corrected chi connectivity index (χ4v) is 3.74. The van der Waals surface area contributed by atoms with Crippen molar-refractivity contribution in [2.75, 3.05) is 11.8 Å². The average Bonchev–Trinajstić information content (AvgIpc) is 2.95. The van der Waals surface area contributed by atoms with Crippen LogP contribution in [0.1, 0.15) is 10.4 Å². The number of halogens is 1. The standard InChI is InChI=1S/C12H10ClNO4S2/c1-18-12(15)8-4-5-9(13)10(7-8)14-20(16,17)11-3-2-6-19-11/h2-7,14H,1H3. The fourth-order valence-electron chi connectivity index (χ4n) is 1.46. The molecule has 5 nitrogen and oxygen atoms in total. The van der Waals surface area contributed by atoms with Gasteiger partial charge in [0.1, 0.15) is 4.21 Å². The molecule has 0 radical (unpaired) electrons. The number of rotatable bonds is 4. The minimum Gasteiger partial charge on any atom is -0.465 e. The number of thiophene rings is 1. The smallest absolute Gasteiger partial charge is 0.337 e. The maximum absolute atomic E-state index is 12.1. The molecule has 0 spiro atoms. The van der Waals surface area contributed by atoms with E-state index in [1.54, 1.807) is 11.4 Å². The van der Waals surface area contributed by atoms with Crippen molar-refractivity contribution in [3.8, 4) is 0 Å². The Morgan fingerprint density at radius 3 is 2.70 bits per heavy atom. The van der Waals surface area contributed by atoms with E-state index in [4.69, 9.17) is 11.6 Å². The summed E-state index contributed by atoms with van der Waals surface area (Å²) in [4.78, 5) is 11.4. The van der Waals surface area contributed by atoms with Crippen LogP contribution in [0.15, 0.2) is 39.9 Å². The number of carbonyl (C=O) groups excluding carboxylic acids is 1. The maximum atomic E-state index is 12.1. The first-order valence-electron chi connectivity index (χ1n) is 5.38. The first kappa shape index (κ1) is 14.8. The quantitative estimate of drug-likeness (QED) is 0.874. The molecule has 0 aliphatic carbocycles. The van der Waals surface area contributed by atoms with Gasteiger partial charge in [-0.2, -0.15) is 0 Å². The predicted octanol–water partition coefficient (Wildman–Crippen LogP) is 2.99. The Labute approximate surface area is 125 Å². The van der Waals surface area contributed by atoms with Crippen LogP contribution >= 0.6 is 22.9 Å². The SMILES string of the molecule is COC(=O)c1ccc(Cl)c(NS(=O)(=O)c2cccs2)c1. The number of carbonyl (C=O) groups is 1. The second-order valence-electron chi connectivity index (χ2n) is 3.72. The largest absolute Gasteiger partial charge is 0.465 e. The van der Waals surface area contributed by atoms with E-state index in [0.717, 1.165) is 11.3 Å². The number of nitrogens with one attached hydrogen (secondary N) is 1. The Balaban J connectivity index is 2.36. The molecule has 0 atom stereocenters. The van der Waals surface area contributed by atoms with Gasteiger partial charge in [-0.05, 0) is 29.6 Å². The third-order valence-corrected chi connectivity index (χ3v) is 5.48. The Bertz CT molecular complexity index is 726. The minimum atomic E-state index is -3.71. The normalized spacial score (nSPS) is 11.1. The third kappa shape index (κ3) is 3.12. The van der Waals surface area contributed by atoms with Crippen LogP contribution < -0.4 is 4.72 Å². The number of hydrogen-bond donors (Lipinski definition) is 1. The molecule has 0 saturated heterocycles. The topological polar surface area (TPSA) is 72.5 Å². The van der Waals surface area contributed by atoms with Crippen molar-refractivity contribution in [3.63, 3.8) is 0 Å². The molecule has 0 saturated carbocycles. The van der Waals surface area contributed by atoms with Crippen molar-refractivity contribution in [1.82, 2.24) is 0 Å². The summed E-state index contributed by atoms with van der Waals surface area (Å²) in [7, 11) is -2.47. The maximum Gasteiger partial charge on any atom is 0.337 e. The van der Waals surface area contributed by atoms with E-state index in [0.29, 0.717) is 0 Å². The van der Waals surface area contributed by atoms with Gasteiger partial charge in [-0.15, -0.1) is 11.3 Å². The molecule has 0 fully saturated rings. The molecule has 0 aliphatic rings. The molecular weight excluding hydrogens is 322 g/mol. The van der Waals surface area contributed by atoms with Gasteiger partial charge in [0.25, 0.3) is 10.0 Å². The highest BCUT2D eigenvalue weighted by Crippen LogP contribution is 2.27. The fraction of sp³-hybridized carbons (Fsp3) is 0.0833. The summed E-state index contributed by atoms with van der Waals surface area (Å²) in [6, 6.07) is 7.33.